The molecule has 2 aromatic rings. The van der Waals surface area contributed by atoms with E-state index in [1.807, 2.05) is 43.7 Å². The predicted molar refractivity (Wildman–Crippen MR) is 103 cm³/mol. The smallest absolute Gasteiger partial charge is 0.265 e. The van der Waals surface area contributed by atoms with E-state index in [1.165, 1.54) is 5.56 Å². The van der Waals surface area contributed by atoms with E-state index in [1.54, 1.807) is 16.2 Å². The van der Waals surface area contributed by atoms with Crippen molar-refractivity contribution in [2.45, 2.75) is 12.5 Å². The summed E-state index contributed by atoms with van der Waals surface area (Å²) < 4.78 is 5.42. The number of ether oxygens (including phenoxy) is 1. The SMILES string of the molecule is CN(C)C(CNC(=O)CCN1C(=O)COc2ccccc21)c1ccsc1. The number of hydrogen-bond acceptors (Lipinski definition) is 5. The van der Waals surface area contributed by atoms with Crippen LogP contribution >= 0.6 is 11.3 Å². The number of hydrogen-bond donors (Lipinski definition) is 1. The van der Waals surface area contributed by atoms with Gasteiger partial charge in [-0.2, -0.15) is 11.3 Å². The van der Waals surface area contributed by atoms with Crippen LogP contribution in [0.25, 0.3) is 0 Å². The highest BCUT2D eigenvalue weighted by Gasteiger charge is 2.25. The van der Waals surface area contributed by atoms with E-state index in [4.69, 9.17) is 4.74 Å². The quantitative estimate of drug-likeness (QED) is 0.809. The standard InChI is InChI=1S/C19H23N3O3S/c1-21(2)16(14-8-10-26-13-14)11-20-18(23)7-9-22-15-5-3-4-6-17(15)25-12-19(22)24/h3-6,8,10,13,16H,7,9,11-12H2,1-2H3,(H,20,23). The van der Waals surface area contributed by atoms with Crippen molar-refractivity contribution in [3.05, 3.63) is 46.7 Å². The van der Waals surface area contributed by atoms with Crippen LogP contribution in [-0.4, -0.2) is 50.5 Å². The summed E-state index contributed by atoms with van der Waals surface area (Å²) in [5, 5.41) is 7.12. The molecule has 1 atom stereocenters. The van der Waals surface area contributed by atoms with Gasteiger partial charge in [-0.1, -0.05) is 12.1 Å². The van der Waals surface area contributed by atoms with Crippen molar-refractivity contribution in [1.82, 2.24) is 10.2 Å². The molecule has 1 aliphatic heterocycles. The molecule has 26 heavy (non-hydrogen) atoms. The van der Waals surface area contributed by atoms with Crippen LogP contribution in [0.1, 0.15) is 18.0 Å². The number of carbonyl (C=O) groups is 2. The van der Waals surface area contributed by atoms with Crippen molar-refractivity contribution in [2.24, 2.45) is 0 Å². The Bertz CT molecular complexity index is 761. The second-order valence-electron chi connectivity index (χ2n) is 6.39. The van der Waals surface area contributed by atoms with E-state index in [-0.39, 0.29) is 30.9 Å². The Labute approximate surface area is 157 Å². The lowest BCUT2D eigenvalue weighted by molar-refractivity contribution is -0.122. The molecule has 7 heteroatoms. The molecular weight excluding hydrogens is 350 g/mol. The third kappa shape index (κ3) is 4.23. The fourth-order valence-corrected chi connectivity index (χ4v) is 3.68. The summed E-state index contributed by atoms with van der Waals surface area (Å²) in [5.74, 6) is 0.488. The molecule has 138 valence electrons. The van der Waals surface area contributed by atoms with Gasteiger partial charge in [0, 0.05) is 19.5 Å². The van der Waals surface area contributed by atoms with E-state index in [0.29, 0.717) is 18.8 Å². The minimum atomic E-state index is -0.124. The molecule has 1 aromatic heterocycles. The number of thiophene rings is 1. The number of nitrogens with zero attached hydrogens (tertiary/aromatic N) is 2. The second kappa shape index (κ2) is 8.33. The zero-order valence-electron chi connectivity index (χ0n) is 15.0. The van der Waals surface area contributed by atoms with Gasteiger partial charge in [0.2, 0.25) is 5.91 Å². The summed E-state index contributed by atoms with van der Waals surface area (Å²) in [4.78, 5) is 28.2. The second-order valence-corrected chi connectivity index (χ2v) is 7.17. The number of para-hydroxylation sites is 2. The van der Waals surface area contributed by atoms with Gasteiger partial charge in [-0.3, -0.25) is 9.59 Å². The summed E-state index contributed by atoms with van der Waals surface area (Å²) in [7, 11) is 4.00. The molecule has 0 spiro atoms. The Morgan fingerprint density at radius 2 is 2.15 bits per heavy atom. The van der Waals surface area contributed by atoms with Crippen molar-refractivity contribution < 1.29 is 14.3 Å². The van der Waals surface area contributed by atoms with Gasteiger partial charge in [-0.25, -0.2) is 0 Å². The van der Waals surface area contributed by atoms with Crippen LogP contribution in [-0.2, 0) is 9.59 Å². The Kier molecular flexibility index (Phi) is 5.90. The van der Waals surface area contributed by atoms with E-state index in [2.05, 4.69) is 21.7 Å². The number of rotatable bonds is 7. The Balaban J connectivity index is 1.55. The number of amides is 2. The minimum absolute atomic E-state index is 0.0134. The lowest BCUT2D eigenvalue weighted by atomic mass is 10.1. The zero-order chi connectivity index (χ0) is 18.5. The van der Waals surface area contributed by atoms with Gasteiger partial charge in [0.25, 0.3) is 5.91 Å². The molecule has 0 saturated carbocycles. The van der Waals surface area contributed by atoms with E-state index < -0.39 is 0 Å². The fourth-order valence-electron chi connectivity index (χ4n) is 2.97. The molecule has 1 aromatic carbocycles. The molecule has 1 N–H and O–H groups in total. The number of nitrogens with one attached hydrogen (secondary N) is 1. The molecule has 0 aliphatic carbocycles. The Hall–Kier alpha value is -2.38. The molecule has 6 nitrogen and oxygen atoms in total. The van der Waals surface area contributed by atoms with Gasteiger partial charge in [0.1, 0.15) is 5.75 Å². The summed E-state index contributed by atoms with van der Waals surface area (Å²) in [6.07, 6.45) is 0.254. The third-order valence-corrected chi connectivity index (χ3v) is 5.12. The first-order chi connectivity index (χ1) is 12.6. The van der Waals surface area contributed by atoms with Crippen molar-refractivity contribution in [3.63, 3.8) is 0 Å². The van der Waals surface area contributed by atoms with Gasteiger partial charge in [0.05, 0.1) is 11.7 Å². The Morgan fingerprint density at radius 3 is 2.88 bits per heavy atom. The van der Waals surface area contributed by atoms with Crippen molar-refractivity contribution in [2.75, 3.05) is 38.7 Å². The topological polar surface area (TPSA) is 61.9 Å². The molecule has 1 aliphatic rings. The van der Waals surface area contributed by atoms with Gasteiger partial charge >= 0.3 is 0 Å². The van der Waals surface area contributed by atoms with Crippen LogP contribution in [0, 0.1) is 0 Å². The van der Waals surface area contributed by atoms with E-state index in [0.717, 1.165) is 5.69 Å². The van der Waals surface area contributed by atoms with E-state index in [9.17, 15) is 9.59 Å². The number of anilines is 1. The lowest BCUT2D eigenvalue weighted by Crippen LogP contribution is -2.41. The highest BCUT2D eigenvalue weighted by molar-refractivity contribution is 7.07. The normalized spacial score (nSPS) is 14.7. The van der Waals surface area contributed by atoms with Crippen LogP contribution in [0.5, 0.6) is 5.75 Å². The van der Waals surface area contributed by atoms with Crippen LogP contribution in [0.15, 0.2) is 41.1 Å². The molecule has 3 rings (SSSR count). The van der Waals surface area contributed by atoms with E-state index >= 15 is 0 Å². The summed E-state index contributed by atoms with van der Waals surface area (Å²) >= 11 is 1.65. The maximum Gasteiger partial charge on any atom is 0.265 e. The third-order valence-electron chi connectivity index (χ3n) is 4.41. The summed E-state index contributed by atoms with van der Waals surface area (Å²) in [6, 6.07) is 9.60. The van der Waals surface area contributed by atoms with Crippen LogP contribution in [0.4, 0.5) is 5.69 Å². The molecule has 0 bridgehead atoms. The predicted octanol–water partition coefficient (Wildman–Crippen LogP) is 2.28. The summed E-state index contributed by atoms with van der Waals surface area (Å²) in [5.41, 5.74) is 1.92. The van der Waals surface area contributed by atoms with Gasteiger partial charge in [-0.05, 0) is 48.6 Å². The van der Waals surface area contributed by atoms with Gasteiger partial charge in [0.15, 0.2) is 6.61 Å². The first-order valence-corrected chi connectivity index (χ1v) is 9.48. The first-order valence-electron chi connectivity index (χ1n) is 8.53. The largest absolute Gasteiger partial charge is 0.482 e. The Morgan fingerprint density at radius 1 is 1.35 bits per heavy atom. The highest BCUT2D eigenvalue weighted by Crippen LogP contribution is 2.31. The monoisotopic (exact) mass is 373 g/mol. The molecule has 1 unspecified atom stereocenters. The zero-order valence-corrected chi connectivity index (χ0v) is 15.8. The van der Waals surface area contributed by atoms with Gasteiger partial charge in [-0.15, -0.1) is 0 Å². The number of fused-ring (bicyclic) bond motifs is 1. The molecule has 0 saturated heterocycles. The summed E-state index contributed by atoms with van der Waals surface area (Å²) in [6.45, 7) is 0.895. The van der Waals surface area contributed by atoms with Crippen molar-refractivity contribution >= 4 is 28.8 Å². The average molecular weight is 373 g/mol. The maximum atomic E-state index is 12.3. The van der Waals surface area contributed by atoms with Crippen LogP contribution in [0.2, 0.25) is 0 Å². The van der Waals surface area contributed by atoms with Gasteiger partial charge < -0.3 is 19.9 Å². The molecular formula is C19H23N3O3S. The average Bonchev–Trinajstić information content (AvgIpc) is 3.15. The molecule has 2 heterocycles. The van der Waals surface area contributed by atoms with Crippen LogP contribution in [0.3, 0.4) is 0 Å². The highest BCUT2D eigenvalue weighted by atomic mass is 32.1. The van der Waals surface area contributed by atoms with Crippen molar-refractivity contribution in [3.8, 4) is 5.75 Å². The number of likely N-dealkylation sites (N-methyl/N-ethyl adjacent to an activating group) is 1. The number of benzene rings is 1. The molecule has 0 radical (unpaired) electrons. The number of carbonyl (C=O) groups excluding carboxylic acids is 2. The molecule has 2 amide bonds. The van der Waals surface area contributed by atoms with Crippen LogP contribution < -0.4 is 15.0 Å². The minimum Gasteiger partial charge on any atom is -0.482 e. The lowest BCUT2D eigenvalue weighted by Gasteiger charge is -2.29. The maximum absolute atomic E-state index is 12.3. The molecule has 0 fully saturated rings. The van der Waals surface area contributed by atoms with Crippen molar-refractivity contribution in [1.29, 1.82) is 0 Å². The first kappa shape index (κ1) is 18.4. The fraction of sp³-hybridized carbons (Fsp3) is 0.368.